The number of carbonyl (C=O) groups excluding carboxylic acids is 1. The van der Waals surface area contributed by atoms with Gasteiger partial charge in [0.05, 0.1) is 17.0 Å². The van der Waals surface area contributed by atoms with Crippen molar-refractivity contribution in [1.29, 1.82) is 0 Å². The molecule has 0 bridgehead atoms. The largest absolute Gasteiger partial charge is 0.497 e. The second-order valence-electron chi connectivity index (χ2n) is 8.86. The average Bonchev–Trinajstić information content (AvgIpc) is 2.91. The first-order chi connectivity index (χ1) is 18.9. The Morgan fingerprint density at radius 1 is 0.700 bits per heavy atom. The van der Waals surface area contributed by atoms with Gasteiger partial charge in [-0.2, -0.15) is 0 Å². The third-order valence-corrected chi connectivity index (χ3v) is 9.27. The fourth-order valence-electron chi connectivity index (χ4n) is 3.66. The van der Waals surface area contributed by atoms with E-state index in [0.29, 0.717) is 22.8 Å². The minimum absolute atomic E-state index is 0.0152. The number of hydrogen-bond acceptors (Lipinski definition) is 6. The molecule has 0 aliphatic heterocycles. The van der Waals surface area contributed by atoms with E-state index in [1.165, 1.54) is 49.6 Å². The zero-order valence-electron chi connectivity index (χ0n) is 21.7. The molecule has 3 N–H and O–H groups in total. The Hall–Kier alpha value is -4.06. The van der Waals surface area contributed by atoms with Crippen LogP contribution in [0, 0.1) is 13.8 Å². The van der Waals surface area contributed by atoms with E-state index in [1.54, 1.807) is 42.5 Å². The number of aryl methyl sites for hydroxylation is 2. The number of sulfonamides is 2. The molecule has 0 heterocycles. The molecule has 0 saturated carbocycles. The highest BCUT2D eigenvalue weighted by Gasteiger charge is 2.21. The fourth-order valence-corrected chi connectivity index (χ4v) is 6.29. The maximum atomic E-state index is 13.0. The topological polar surface area (TPSA) is 131 Å². The van der Waals surface area contributed by atoms with Gasteiger partial charge in [0.2, 0.25) is 0 Å². The zero-order valence-corrected chi connectivity index (χ0v) is 24.1. The van der Waals surface area contributed by atoms with Gasteiger partial charge in [0.1, 0.15) is 10.6 Å². The van der Waals surface area contributed by atoms with Crippen LogP contribution in [0.25, 0.3) is 0 Å². The number of halogens is 1. The maximum absolute atomic E-state index is 13.0. The summed E-state index contributed by atoms with van der Waals surface area (Å²) in [6.45, 7) is 3.78. The summed E-state index contributed by atoms with van der Waals surface area (Å²) in [6, 6.07) is 21.0. The molecule has 40 heavy (non-hydrogen) atoms. The van der Waals surface area contributed by atoms with Crippen LogP contribution in [0.1, 0.15) is 21.5 Å². The minimum atomic E-state index is -4.10. The number of carbonyl (C=O) groups is 1. The van der Waals surface area contributed by atoms with Crippen LogP contribution in [-0.2, 0) is 20.0 Å². The van der Waals surface area contributed by atoms with Gasteiger partial charge in [-0.3, -0.25) is 14.2 Å². The van der Waals surface area contributed by atoms with E-state index in [-0.39, 0.29) is 20.4 Å². The molecule has 1 amide bonds. The van der Waals surface area contributed by atoms with Gasteiger partial charge < -0.3 is 10.1 Å². The van der Waals surface area contributed by atoms with Crippen LogP contribution in [0.4, 0.5) is 17.1 Å². The monoisotopic (exact) mass is 599 g/mol. The average molecular weight is 600 g/mol. The molecule has 0 spiro atoms. The van der Waals surface area contributed by atoms with E-state index in [4.69, 9.17) is 16.3 Å². The highest BCUT2D eigenvalue weighted by Crippen LogP contribution is 2.27. The summed E-state index contributed by atoms with van der Waals surface area (Å²) < 4.78 is 61.6. The number of anilines is 3. The summed E-state index contributed by atoms with van der Waals surface area (Å²) in [5, 5.41) is 2.59. The molecule has 4 aromatic carbocycles. The van der Waals surface area contributed by atoms with Crippen LogP contribution < -0.4 is 19.5 Å². The van der Waals surface area contributed by atoms with E-state index < -0.39 is 26.0 Å². The standard InChI is InChI=1S/C28H26ClN3O6S2/c1-18-4-6-23(16-19(18)2)32-40(36,37)27-17-20(5-15-26(27)29)28(33)30-21-9-13-25(14-10-21)39(34,35)31-22-7-11-24(38-3)12-8-22/h4-17,31-32H,1-3H3,(H,30,33). The van der Waals surface area contributed by atoms with Crippen LogP contribution in [0.3, 0.4) is 0 Å². The van der Waals surface area contributed by atoms with Crippen LogP contribution >= 0.6 is 11.6 Å². The third kappa shape index (κ3) is 6.74. The second-order valence-corrected chi connectivity index (χ2v) is 12.6. The molecule has 0 fully saturated rings. The maximum Gasteiger partial charge on any atom is 0.263 e. The van der Waals surface area contributed by atoms with Gasteiger partial charge in [-0.25, -0.2) is 16.8 Å². The lowest BCUT2D eigenvalue weighted by Gasteiger charge is -2.13. The Balaban J connectivity index is 1.48. The van der Waals surface area contributed by atoms with Crippen LogP contribution in [0.2, 0.25) is 5.02 Å². The molecule has 0 aliphatic carbocycles. The van der Waals surface area contributed by atoms with Crippen molar-refractivity contribution in [3.8, 4) is 5.75 Å². The molecule has 4 aromatic rings. The summed E-state index contributed by atoms with van der Waals surface area (Å²) in [6.07, 6.45) is 0. The molecule has 12 heteroatoms. The summed E-state index contributed by atoms with van der Waals surface area (Å²) in [5.74, 6) is -0.0164. The van der Waals surface area contributed by atoms with Crippen molar-refractivity contribution >= 4 is 54.6 Å². The van der Waals surface area contributed by atoms with Crippen molar-refractivity contribution in [1.82, 2.24) is 0 Å². The number of benzene rings is 4. The smallest absolute Gasteiger partial charge is 0.263 e. The van der Waals surface area contributed by atoms with Crippen molar-refractivity contribution in [2.45, 2.75) is 23.6 Å². The number of rotatable bonds is 9. The van der Waals surface area contributed by atoms with Crippen molar-refractivity contribution in [2.75, 3.05) is 21.9 Å². The van der Waals surface area contributed by atoms with Gasteiger partial charge in [0.25, 0.3) is 26.0 Å². The molecule has 208 valence electrons. The Morgan fingerprint density at radius 3 is 1.93 bits per heavy atom. The number of ether oxygens (including phenoxy) is 1. The number of nitrogens with one attached hydrogen (secondary N) is 3. The van der Waals surface area contributed by atoms with E-state index in [2.05, 4.69) is 14.8 Å². The lowest BCUT2D eigenvalue weighted by Crippen LogP contribution is -2.17. The van der Waals surface area contributed by atoms with E-state index >= 15 is 0 Å². The molecular weight excluding hydrogens is 574 g/mol. The fraction of sp³-hybridized carbons (Fsp3) is 0.107. The summed E-state index contributed by atoms with van der Waals surface area (Å²) >= 11 is 6.18. The minimum Gasteiger partial charge on any atom is -0.497 e. The lowest BCUT2D eigenvalue weighted by atomic mass is 10.1. The van der Waals surface area contributed by atoms with E-state index in [9.17, 15) is 21.6 Å². The molecule has 0 radical (unpaired) electrons. The van der Waals surface area contributed by atoms with Crippen LogP contribution in [0.15, 0.2) is 94.7 Å². The van der Waals surface area contributed by atoms with Gasteiger partial charge in [0, 0.05) is 22.6 Å². The molecule has 0 aromatic heterocycles. The van der Waals surface area contributed by atoms with Crippen molar-refractivity contribution in [3.63, 3.8) is 0 Å². The Morgan fingerprint density at radius 2 is 1.30 bits per heavy atom. The van der Waals surface area contributed by atoms with E-state index in [1.807, 2.05) is 13.8 Å². The van der Waals surface area contributed by atoms with Gasteiger partial charge in [-0.05, 0) is 104 Å². The first-order valence-corrected chi connectivity index (χ1v) is 15.2. The predicted molar refractivity (Wildman–Crippen MR) is 156 cm³/mol. The van der Waals surface area contributed by atoms with Crippen molar-refractivity contribution in [3.05, 3.63) is 107 Å². The van der Waals surface area contributed by atoms with Gasteiger partial charge >= 0.3 is 0 Å². The molecule has 0 aliphatic rings. The van der Waals surface area contributed by atoms with Gasteiger partial charge in [-0.15, -0.1) is 0 Å². The second kappa shape index (κ2) is 11.6. The summed E-state index contributed by atoms with van der Waals surface area (Å²) in [4.78, 5) is 12.6. The summed E-state index contributed by atoms with van der Waals surface area (Å²) in [7, 11) is -6.47. The number of amides is 1. The van der Waals surface area contributed by atoms with Crippen molar-refractivity contribution < 1.29 is 26.4 Å². The molecule has 9 nitrogen and oxygen atoms in total. The highest BCUT2D eigenvalue weighted by molar-refractivity contribution is 7.93. The molecule has 0 unspecified atom stereocenters. The molecule has 0 atom stereocenters. The quantitative estimate of drug-likeness (QED) is 0.222. The first kappa shape index (κ1) is 28.9. The Labute approximate surface area is 238 Å². The van der Waals surface area contributed by atoms with Gasteiger partial charge in [-0.1, -0.05) is 17.7 Å². The van der Waals surface area contributed by atoms with Gasteiger partial charge in [0.15, 0.2) is 0 Å². The summed E-state index contributed by atoms with van der Waals surface area (Å²) in [5.41, 5.74) is 3.00. The van der Waals surface area contributed by atoms with Crippen LogP contribution in [-0.4, -0.2) is 29.9 Å². The van der Waals surface area contributed by atoms with E-state index in [0.717, 1.165) is 11.1 Å². The number of methoxy groups -OCH3 is 1. The zero-order chi connectivity index (χ0) is 29.1. The normalized spacial score (nSPS) is 11.5. The Kier molecular flexibility index (Phi) is 8.38. The molecular formula is C28H26ClN3O6S2. The van der Waals surface area contributed by atoms with Crippen molar-refractivity contribution in [2.24, 2.45) is 0 Å². The third-order valence-electron chi connectivity index (χ3n) is 6.01. The van der Waals surface area contributed by atoms with Crippen LogP contribution in [0.5, 0.6) is 5.75 Å². The highest BCUT2D eigenvalue weighted by atomic mass is 35.5. The SMILES string of the molecule is COc1ccc(NS(=O)(=O)c2ccc(NC(=O)c3ccc(Cl)c(S(=O)(=O)Nc4ccc(C)c(C)c4)c3)cc2)cc1. The Bertz CT molecular complexity index is 1770. The lowest BCUT2D eigenvalue weighted by molar-refractivity contribution is 0.102. The predicted octanol–water partition coefficient (Wildman–Crippen LogP) is 5.82. The molecule has 0 saturated heterocycles. The first-order valence-electron chi connectivity index (χ1n) is 11.9. The number of hydrogen-bond donors (Lipinski definition) is 3. The molecule has 4 rings (SSSR count).